The molecule has 1 aromatic carbocycles. The number of nitro benzene ring substituents is 1. The van der Waals surface area contributed by atoms with Crippen LogP contribution in [-0.4, -0.2) is 25.6 Å². The predicted molar refractivity (Wildman–Crippen MR) is 64.5 cm³/mol. The number of nitrogens with zero attached hydrogens (tertiary/aromatic N) is 4. The predicted octanol–water partition coefficient (Wildman–Crippen LogP) is 1.12. The molecule has 96 valence electrons. The summed E-state index contributed by atoms with van der Waals surface area (Å²) in [6.07, 6.45) is 1.52. The average Bonchev–Trinajstić information content (AvgIpc) is 2.85. The first-order chi connectivity index (χ1) is 9.15. The molecule has 0 bridgehead atoms. The van der Waals surface area contributed by atoms with Crippen molar-refractivity contribution >= 4 is 17.5 Å². The maximum atomic E-state index is 11.6. The van der Waals surface area contributed by atoms with Gasteiger partial charge in [-0.2, -0.15) is 10.1 Å². The molecule has 0 unspecified atom stereocenters. The van der Waals surface area contributed by atoms with Crippen LogP contribution in [0.4, 0.5) is 11.6 Å². The third-order valence-corrected chi connectivity index (χ3v) is 2.96. The highest BCUT2D eigenvalue weighted by atomic mass is 16.6. The summed E-state index contributed by atoms with van der Waals surface area (Å²) in [7, 11) is 0. The van der Waals surface area contributed by atoms with Gasteiger partial charge >= 0.3 is 0 Å². The minimum atomic E-state index is -0.464. The number of rotatable bonds is 2. The fraction of sp³-hybridized carbons (Fsp3) is 0.182. The lowest BCUT2D eigenvalue weighted by Crippen LogP contribution is -2.29. The second-order valence-corrected chi connectivity index (χ2v) is 4.15. The van der Waals surface area contributed by atoms with Crippen molar-refractivity contribution in [2.75, 3.05) is 5.32 Å². The van der Waals surface area contributed by atoms with Gasteiger partial charge in [0.1, 0.15) is 6.33 Å². The molecule has 0 fully saturated rings. The van der Waals surface area contributed by atoms with Crippen molar-refractivity contribution < 1.29 is 9.72 Å². The van der Waals surface area contributed by atoms with E-state index in [1.165, 1.54) is 18.5 Å². The molecule has 8 nitrogen and oxygen atoms in total. The number of benzene rings is 1. The molecule has 8 heteroatoms. The van der Waals surface area contributed by atoms with Crippen LogP contribution in [0.15, 0.2) is 30.6 Å². The lowest BCUT2D eigenvalue weighted by Gasteiger charge is -2.23. The maximum Gasteiger partial charge on any atom is 0.269 e. The summed E-state index contributed by atoms with van der Waals surface area (Å²) in [5.74, 6) is 0.171. The molecule has 1 aliphatic heterocycles. The van der Waals surface area contributed by atoms with E-state index in [-0.39, 0.29) is 24.1 Å². The minimum Gasteiger partial charge on any atom is -0.295 e. The summed E-state index contributed by atoms with van der Waals surface area (Å²) in [4.78, 5) is 25.9. The van der Waals surface area contributed by atoms with Gasteiger partial charge in [-0.3, -0.25) is 20.2 Å². The molecule has 1 aliphatic rings. The van der Waals surface area contributed by atoms with Crippen molar-refractivity contribution in [2.24, 2.45) is 0 Å². The second kappa shape index (κ2) is 4.16. The van der Waals surface area contributed by atoms with Gasteiger partial charge < -0.3 is 0 Å². The van der Waals surface area contributed by atoms with E-state index < -0.39 is 4.92 Å². The van der Waals surface area contributed by atoms with Gasteiger partial charge in [0.05, 0.1) is 17.4 Å². The molecule has 2 aromatic rings. The van der Waals surface area contributed by atoms with Crippen LogP contribution in [0.1, 0.15) is 18.0 Å². The van der Waals surface area contributed by atoms with E-state index >= 15 is 0 Å². The molecule has 0 saturated carbocycles. The van der Waals surface area contributed by atoms with Gasteiger partial charge in [-0.15, -0.1) is 0 Å². The number of non-ortho nitro benzene ring substituents is 1. The zero-order valence-corrected chi connectivity index (χ0v) is 9.68. The molecule has 1 N–H and O–H groups in total. The summed E-state index contributed by atoms with van der Waals surface area (Å²) in [6, 6.07) is 5.83. The van der Waals surface area contributed by atoms with E-state index in [1.54, 1.807) is 16.8 Å². The van der Waals surface area contributed by atoms with Gasteiger partial charge in [0.2, 0.25) is 11.9 Å². The van der Waals surface area contributed by atoms with Crippen LogP contribution in [0.5, 0.6) is 0 Å². The number of fused-ring (bicyclic) bond motifs is 1. The lowest BCUT2D eigenvalue weighted by atomic mass is 10.0. The SMILES string of the molecule is O=C1C[C@@H](c2cccc([N+](=O)[O-])c2)n2ncnc2N1. The molecular weight excluding hydrogens is 250 g/mol. The van der Waals surface area contributed by atoms with Crippen LogP contribution < -0.4 is 5.32 Å². The monoisotopic (exact) mass is 259 g/mol. The Morgan fingerprint density at radius 3 is 3.11 bits per heavy atom. The van der Waals surface area contributed by atoms with E-state index in [0.29, 0.717) is 11.5 Å². The molecular formula is C11H9N5O3. The normalized spacial score (nSPS) is 17.7. The van der Waals surface area contributed by atoms with Gasteiger partial charge in [0.15, 0.2) is 0 Å². The summed E-state index contributed by atoms with van der Waals surface area (Å²) < 4.78 is 1.56. The fourth-order valence-electron chi connectivity index (χ4n) is 2.11. The van der Waals surface area contributed by atoms with Gasteiger partial charge in [0, 0.05) is 12.1 Å². The smallest absolute Gasteiger partial charge is 0.269 e. The minimum absolute atomic E-state index is 0.00912. The first kappa shape index (κ1) is 11.3. The van der Waals surface area contributed by atoms with Crippen molar-refractivity contribution in [3.63, 3.8) is 0 Å². The lowest BCUT2D eigenvalue weighted by molar-refractivity contribution is -0.384. The Balaban J connectivity index is 2.06. The molecule has 19 heavy (non-hydrogen) atoms. The number of nitrogens with one attached hydrogen (secondary N) is 1. The van der Waals surface area contributed by atoms with Crippen LogP contribution in [0, 0.1) is 10.1 Å². The number of carbonyl (C=O) groups excluding carboxylic acids is 1. The van der Waals surface area contributed by atoms with Crippen molar-refractivity contribution in [1.82, 2.24) is 14.8 Å². The van der Waals surface area contributed by atoms with Crippen LogP contribution in [0.25, 0.3) is 0 Å². The van der Waals surface area contributed by atoms with Crippen molar-refractivity contribution in [3.05, 3.63) is 46.3 Å². The number of anilines is 1. The third-order valence-electron chi connectivity index (χ3n) is 2.96. The Kier molecular flexibility index (Phi) is 2.48. The molecule has 3 rings (SSSR count). The average molecular weight is 259 g/mol. The zero-order chi connectivity index (χ0) is 13.4. The van der Waals surface area contributed by atoms with Crippen molar-refractivity contribution in [1.29, 1.82) is 0 Å². The summed E-state index contributed by atoms with van der Waals surface area (Å²) in [5.41, 5.74) is 0.654. The fourth-order valence-corrected chi connectivity index (χ4v) is 2.11. The number of nitro groups is 1. The molecule has 0 spiro atoms. The van der Waals surface area contributed by atoms with Gasteiger partial charge in [-0.25, -0.2) is 4.68 Å². The summed E-state index contributed by atoms with van der Waals surface area (Å²) in [5, 5.41) is 17.4. The largest absolute Gasteiger partial charge is 0.295 e. The van der Waals surface area contributed by atoms with E-state index in [9.17, 15) is 14.9 Å². The first-order valence-corrected chi connectivity index (χ1v) is 5.59. The summed E-state index contributed by atoms with van der Waals surface area (Å²) in [6.45, 7) is 0. The standard InChI is InChI=1S/C11H9N5O3/c17-10-5-9(15-11(14-10)12-6-13-15)7-2-1-3-8(4-7)16(18)19/h1-4,6,9H,5H2,(H,12,13,14,17)/t9-/m0/s1. The Morgan fingerprint density at radius 1 is 1.47 bits per heavy atom. The summed E-state index contributed by atoms with van der Waals surface area (Å²) >= 11 is 0. The van der Waals surface area contributed by atoms with Crippen LogP contribution in [0.2, 0.25) is 0 Å². The Labute approximate surface area is 107 Å². The number of hydrogen-bond donors (Lipinski definition) is 1. The Morgan fingerprint density at radius 2 is 2.32 bits per heavy atom. The highest BCUT2D eigenvalue weighted by molar-refractivity contribution is 5.91. The van der Waals surface area contributed by atoms with Crippen molar-refractivity contribution in [2.45, 2.75) is 12.5 Å². The number of amides is 1. The van der Waals surface area contributed by atoms with Crippen LogP contribution in [0.3, 0.4) is 0 Å². The second-order valence-electron chi connectivity index (χ2n) is 4.15. The number of aromatic nitrogens is 3. The topological polar surface area (TPSA) is 103 Å². The number of hydrogen-bond acceptors (Lipinski definition) is 5. The number of carbonyl (C=O) groups is 1. The van der Waals surface area contributed by atoms with Gasteiger partial charge in [-0.1, -0.05) is 12.1 Å². The Bertz CT molecular complexity index is 666. The highest BCUT2D eigenvalue weighted by Crippen LogP contribution is 2.29. The third kappa shape index (κ3) is 1.92. The van der Waals surface area contributed by atoms with E-state index in [2.05, 4.69) is 15.4 Å². The van der Waals surface area contributed by atoms with Crippen molar-refractivity contribution in [3.8, 4) is 0 Å². The molecule has 1 atom stereocenters. The molecule has 0 aliphatic carbocycles. The van der Waals surface area contributed by atoms with E-state index in [4.69, 9.17) is 0 Å². The molecule has 1 aromatic heterocycles. The maximum absolute atomic E-state index is 11.6. The molecule has 0 radical (unpaired) electrons. The van der Waals surface area contributed by atoms with E-state index in [0.717, 1.165) is 0 Å². The van der Waals surface area contributed by atoms with Gasteiger partial charge in [0.25, 0.3) is 5.69 Å². The zero-order valence-electron chi connectivity index (χ0n) is 9.68. The van der Waals surface area contributed by atoms with E-state index in [1.807, 2.05) is 0 Å². The highest BCUT2D eigenvalue weighted by Gasteiger charge is 2.28. The molecule has 1 amide bonds. The van der Waals surface area contributed by atoms with Gasteiger partial charge in [-0.05, 0) is 5.56 Å². The molecule has 2 heterocycles. The Hall–Kier alpha value is -2.77. The molecule has 0 saturated heterocycles. The first-order valence-electron chi connectivity index (χ1n) is 5.59. The van der Waals surface area contributed by atoms with Crippen LogP contribution >= 0.6 is 0 Å². The van der Waals surface area contributed by atoms with Crippen LogP contribution in [-0.2, 0) is 4.79 Å². The quantitative estimate of drug-likeness (QED) is 0.643.